The van der Waals surface area contributed by atoms with Crippen LogP contribution < -0.4 is 5.73 Å². The van der Waals surface area contributed by atoms with Gasteiger partial charge in [-0.3, -0.25) is 9.67 Å². The topological polar surface area (TPSA) is 56.7 Å². The van der Waals surface area contributed by atoms with Crippen molar-refractivity contribution in [3.05, 3.63) is 18.1 Å². The molecule has 2 N–H and O–H groups in total. The Morgan fingerprint density at radius 3 is 2.92 bits per heavy atom. The number of hydrogen-bond acceptors (Lipinski definition) is 3. The van der Waals surface area contributed by atoms with Crippen LogP contribution in [0.4, 0.5) is 5.69 Å². The maximum Gasteiger partial charge on any atom is 0.0942 e. The van der Waals surface area contributed by atoms with Gasteiger partial charge in [0.15, 0.2) is 0 Å². The predicted octanol–water partition coefficient (Wildman–Crippen LogP) is 1.11. The molecule has 2 rings (SSSR count). The molecule has 0 aliphatic carbocycles. The number of aryl methyl sites for hydroxylation is 2. The molecule has 2 heterocycles. The molecule has 0 spiro atoms. The summed E-state index contributed by atoms with van der Waals surface area (Å²) < 4.78 is 1.78. The molecule has 68 valence electrons. The lowest BCUT2D eigenvalue weighted by Gasteiger charge is -2.03. The zero-order valence-corrected chi connectivity index (χ0v) is 7.78. The van der Waals surface area contributed by atoms with Crippen molar-refractivity contribution in [2.75, 3.05) is 5.73 Å². The minimum atomic E-state index is 0.750. The molecule has 0 bridgehead atoms. The largest absolute Gasteiger partial charge is 0.395 e. The Bertz CT molecular complexity index is 444. The molecule has 0 atom stereocenters. The van der Waals surface area contributed by atoms with Crippen LogP contribution in [-0.4, -0.2) is 14.8 Å². The first-order valence-electron chi connectivity index (χ1n) is 4.29. The van der Waals surface area contributed by atoms with E-state index in [0.29, 0.717) is 0 Å². The lowest BCUT2D eigenvalue weighted by Crippen LogP contribution is -2.00. The Hall–Kier alpha value is -1.58. The third-order valence-electron chi connectivity index (χ3n) is 2.23. The fourth-order valence-electron chi connectivity index (χ4n) is 1.51. The maximum absolute atomic E-state index is 5.95. The number of aromatic nitrogens is 3. The van der Waals surface area contributed by atoms with Gasteiger partial charge in [0, 0.05) is 18.6 Å². The highest BCUT2D eigenvalue weighted by atomic mass is 15.3. The summed E-state index contributed by atoms with van der Waals surface area (Å²) in [6.45, 7) is 2.04. The van der Waals surface area contributed by atoms with Crippen LogP contribution in [0.25, 0.3) is 10.9 Å². The van der Waals surface area contributed by atoms with Gasteiger partial charge in [-0.05, 0) is 6.42 Å². The van der Waals surface area contributed by atoms with E-state index in [1.54, 1.807) is 10.9 Å². The van der Waals surface area contributed by atoms with E-state index >= 15 is 0 Å². The Morgan fingerprint density at radius 2 is 2.23 bits per heavy atom. The number of pyridine rings is 1. The number of hydrogen-bond donors (Lipinski definition) is 1. The Balaban J connectivity index is 2.83. The molecule has 0 saturated carbocycles. The van der Waals surface area contributed by atoms with Gasteiger partial charge >= 0.3 is 0 Å². The molecular formula is C9H12N4. The molecule has 0 aliphatic rings. The number of rotatable bonds is 1. The van der Waals surface area contributed by atoms with Gasteiger partial charge in [0.1, 0.15) is 0 Å². The molecular weight excluding hydrogens is 164 g/mol. The lowest BCUT2D eigenvalue weighted by molar-refractivity contribution is 0.797. The van der Waals surface area contributed by atoms with E-state index in [1.807, 2.05) is 20.2 Å². The predicted molar refractivity (Wildman–Crippen MR) is 52.3 cm³/mol. The first kappa shape index (κ1) is 8.04. The van der Waals surface area contributed by atoms with Gasteiger partial charge in [-0.2, -0.15) is 5.10 Å². The van der Waals surface area contributed by atoms with Gasteiger partial charge in [0.05, 0.1) is 23.1 Å². The Morgan fingerprint density at radius 1 is 1.46 bits per heavy atom. The van der Waals surface area contributed by atoms with Crippen molar-refractivity contribution in [3.8, 4) is 0 Å². The second-order valence-electron chi connectivity index (χ2n) is 3.04. The minimum absolute atomic E-state index is 0.750. The van der Waals surface area contributed by atoms with Crippen LogP contribution in [0.3, 0.4) is 0 Å². The van der Waals surface area contributed by atoms with E-state index in [9.17, 15) is 0 Å². The van der Waals surface area contributed by atoms with Crippen molar-refractivity contribution < 1.29 is 0 Å². The Kier molecular flexibility index (Phi) is 1.69. The zero-order chi connectivity index (χ0) is 9.42. The minimum Gasteiger partial charge on any atom is -0.395 e. The summed E-state index contributed by atoms with van der Waals surface area (Å²) >= 11 is 0. The molecule has 4 heteroatoms. The molecule has 2 aromatic rings. The first-order chi connectivity index (χ1) is 6.24. The highest BCUT2D eigenvalue weighted by molar-refractivity contribution is 5.89. The fraction of sp³-hybridized carbons (Fsp3) is 0.333. The molecule has 4 nitrogen and oxygen atoms in total. The van der Waals surface area contributed by atoms with E-state index < -0.39 is 0 Å². The van der Waals surface area contributed by atoms with Gasteiger partial charge < -0.3 is 5.73 Å². The quantitative estimate of drug-likeness (QED) is 0.708. The van der Waals surface area contributed by atoms with Crippen LogP contribution >= 0.6 is 0 Å². The molecule has 2 aromatic heterocycles. The second-order valence-corrected chi connectivity index (χ2v) is 3.04. The van der Waals surface area contributed by atoms with Gasteiger partial charge in [-0.1, -0.05) is 6.92 Å². The average Bonchev–Trinajstić information content (AvgIpc) is 2.49. The maximum atomic E-state index is 5.95. The van der Waals surface area contributed by atoms with Gasteiger partial charge in [-0.15, -0.1) is 0 Å². The van der Waals surface area contributed by atoms with Crippen molar-refractivity contribution in [2.24, 2.45) is 7.05 Å². The number of fused-ring (bicyclic) bond motifs is 1. The fourth-order valence-corrected chi connectivity index (χ4v) is 1.51. The SMILES string of the molecule is CCc1ncc2cnn(C)c2c1N. The van der Waals surface area contributed by atoms with Gasteiger partial charge in [0.2, 0.25) is 0 Å². The molecule has 0 aliphatic heterocycles. The summed E-state index contributed by atoms with van der Waals surface area (Å²) in [6, 6.07) is 0. The number of nitrogens with two attached hydrogens (primary N) is 1. The monoisotopic (exact) mass is 176 g/mol. The van der Waals surface area contributed by atoms with Crippen LogP contribution in [0.2, 0.25) is 0 Å². The van der Waals surface area contributed by atoms with Crippen molar-refractivity contribution >= 4 is 16.6 Å². The summed E-state index contributed by atoms with van der Waals surface area (Å²) in [4.78, 5) is 4.26. The zero-order valence-electron chi connectivity index (χ0n) is 7.78. The van der Waals surface area contributed by atoms with Crippen molar-refractivity contribution in [3.63, 3.8) is 0 Å². The molecule has 0 radical (unpaired) electrons. The van der Waals surface area contributed by atoms with Crippen molar-refractivity contribution in [2.45, 2.75) is 13.3 Å². The molecule has 13 heavy (non-hydrogen) atoms. The number of nitrogen functional groups attached to an aromatic ring is 1. The van der Waals surface area contributed by atoms with Crippen LogP contribution in [0.5, 0.6) is 0 Å². The lowest BCUT2D eigenvalue weighted by atomic mass is 10.2. The Labute approximate surface area is 76.4 Å². The summed E-state index contributed by atoms with van der Waals surface area (Å²) in [6.07, 6.45) is 4.45. The van der Waals surface area contributed by atoms with Crippen molar-refractivity contribution in [1.29, 1.82) is 0 Å². The summed E-state index contributed by atoms with van der Waals surface area (Å²) in [5.74, 6) is 0. The number of nitrogens with zero attached hydrogens (tertiary/aromatic N) is 3. The summed E-state index contributed by atoms with van der Waals surface area (Å²) in [5.41, 5.74) is 8.62. The van der Waals surface area contributed by atoms with Gasteiger partial charge in [0.25, 0.3) is 0 Å². The molecule has 0 saturated heterocycles. The normalized spacial score (nSPS) is 10.9. The standard InChI is InChI=1S/C9H12N4/c1-3-7-8(10)9-6(4-11-7)5-12-13(9)2/h4-5H,3,10H2,1-2H3. The van der Waals surface area contributed by atoms with E-state index in [-0.39, 0.29) is 0 Å². The van der Waals surface area contributed by atoms with Crippen LogP contribution in [-0.2, 0) is 13.5 Å². The van der Waals surface area contributed by atoms with E-state index in [0.717, 1.165) is 28.7 Å². The molecule has 0 aromatic carbocycles. The van der Waals surface area contributed by atoms with Crippen LogP contribution in [0.1, 0.15) is 12.6 Å². The first-order valence-corrected chi connectivity index (χ1v) is 4.29. The summed E-state index contributed by atoms with van der Waals surface area (Å²) in [5, 5.41) is 5.13. The smallest absolute Gasteiger partial charge is 0.0942 e. The third kappa shape index (κ3) is 1.06. The third-order valence-corrected chi connectivity index (χ3v) is 2.23. The van der Waals surface area contributed by atoms with Crippen LogP contribution in [0.15, 0.2) is 12.4 Å². The van der Waals surface area contributed by atoms with Crippen LogP contribution in [0, 0.1) is 0 Å². The molecule has 0 unspecified atom stereocenters. The second kappa shape index (κ2) is 2.73. The van der Waals surface area contributed by atoms with E-state index in [1.165, 1.54) is 0 Å². The average molecular weight is 176 g/mol. The highest BCUT2D eigenvalue weighted by Gasteiger charge is 2.07. The van der Waals surface area contributed by atoms with Gasteiger partial charge in [-0.25, -0.2) is 0 Å². The van der Waals surface area contributed by atoms with E-state index in [2.05, 4.69) is 10.1 Å². The summed E-state index contributed by atoms with van der Waals surface area (Å²) in [7, 11) is 1.89. The molecule has 0 amide bonds. The molecule has 0 fully saturated rings. The van der Waals surface area contributed by atoms with Crippen molar-refractivity contribution in [1.82, 2.24) is 14.8 Å². The highest BCUT2D eigenvalue weighted by Crippen LogP contribution is 2.21. The number of anilines is 1. The van der Waals surface area contributed by atoms with E-state index in [4.69, 9.17) is 5.73 Å².